The van der Waals surface area contributed by atoms with E-state index in [-0.39, 0.29) is 12.0 Å². The zero-order chi connectivity index (χ0) is 48.1. The summed E-state index contributed by atoms with van der Waals surface area (Å²) in [5.41, 5.74) is 3.69. The summed E-state index contributed by atoms with van der Waals surface area (Å²) in [5.74, 6) is 4.33. The highest BCUT2D eigenvalue weighted by Crippen LogP contribution is 2.36. The molecule has 0 saturated heterocycles. The van der Waals surface area contributed by atoms with Crippen LogP contribution >= 0.6 is 0 Å². The summed E-state index contributed by atoms with van der Waals surface area (Å²) in [6.07, 6.45) is 4.14. The fraction of sp³-hybridized carbons (Fsp3) is 0. The fourth-order valence-electron chi connectivity index (χ4n) is 8.54. The molecule has 12 aromatic rings. The van der Waals surface area contributed by atoms with Crippen molar-refractivity contribution in [1.29, 1.82) is 0 Å². The Morgan fingerprint density at radius 1 is 0.292 bits per heavy atom. The number of benzene rings is 10. The van der Waals surface area contributed by atoms with Crippen LogP contribution in [0, 0.1) is 0 Å². The van der Waals surface area contributed by atoms with E-state index in [1.54, 1.807) is 12.1 Å². The van der Waals surface area contributed by atoms with Gasteiger partial charge < -0.3 is 29.6 Å². The van der Waals surface area contributed by atoms with Gasteiger partial charge in [0, 0.05) is 45.1 Å². The second kappa shape index (κ2) is 19.5. The Bertz CT molecular complexity index is 3480. The highest BCUT2D eigenvalue weighted by molar-refractivity contribution is 5.91. The predicted molar refractivity (Wildman–Crippen MR) is 289 cm³/mol. The van der Waals surface area contributed by atoms with Crippen molar-refractivity contribution in [1.82, 2.24) is 19.9 Å². The lowest BCUT2D eigenvalue weighted by Gasteiger charge is -2.13. The molecule has 0 aliphatic carbocycles. The third-order valence-electron chi connectivity index (χ3n) is 12.0. The SMILES string of the molecule is C(=Cc1ccc(Nc2cc(Oc3cccc4ccccc34)nc(Oc3cccc4ccccc34)n2)cc1)c1ccc(Nc2cc(Oc3cccc4ccccc34)nc(Oc3cccc4ccccc34)n2)cc1. The molecular weight excluding hydrogens is 893 g/mol. The van der Waals surface area contributed by atoms with E-state index < -0.39 is 0 Å². The quantitative estimate of drug-likeness (QED) is 0.102. The van der Waals surface area contributed by atoms with Crippen LogP contribution in [-0.4, -0.2) is 19.9 Å². The maximum Gasteiger partial charge on any atom is 0.327 e. The molecule has 0 saturated carbocycles. The van der Waals surface area contributed by atoms with E-state index in [1.165, 1.54) is 0 Å². The van der Waals surface area contributed by atoms with Gasteiger partial charge in [0.2, 0.25) is 11.8 Å². The molecule has 72 heavy (non-hydrogen) atoms. The molecule has 0 atom stereocenters. The van der Waals surface area contributed by atoms with Crippen molar-refractivity contribution >= 4 is 78.3 Å². The molecule has 0 radical (unpaired) electrons. The summed E-state index contributed by atoms with van der Waals surface area (Å²) in [6, 6.07) is 76.0. The van der Waals surface area contributed by atoms with E-state index in [1.807, 2.05) is 194 Å². The first kappa shape index (κ1) is 43.2. The van der Waals surface area contributed by atoms with Crippen LogP contribution in [0.1, 0.15) is 11.1 Å². The highest BCUT2D eigenvalue weighted by Gasteiger charge is 2.15. The number of aromatic nitrogens is 4. The van der Waals surface area contributed by atoms with E-state index >= 15 is 0 Å². The standard InChI is InChI=1S/C62H42N6O4/c1-5-21-49-43(13-1)17-9-25-53(49)69-59-39-57(65-61(67-59)71-55-27-11-19-45-15-3-7-23-51(45)55)63-47-35-31-41(32-36-47)29-30-42-33-37-48(38-34-42)64-58-40-60(70-54-26-10-18-44-14-2-6-22-50(44)54)68-62(66-58)72-56-28-12-20-46-16-4-8-24-52(46)56/h1-40H,(H,63,65,67)(H,64,66,68). The van der Waals surface area contributed by atoms with Gasteiger partial charge in [0.1, 0.15) is 34.6 Å². The number of fused-ring (bicyclic) bond motifs is 4. The van der Waals surface area contributed by atoms with Gasteiger partial charge in [-0.25, -0.2) is 0 Å². The molecule has 12 rings (SSSR count). The maximum atomic E-state index is 6.44. The first-order valence-electron chi connectivity index (χ1n) is 23.4. The van der Waals surface area contributed by atoms with Crippen molar-refractivity contribution < 1.29 is 18.9 Å². The Kier molecular flexibility index (Phi) is 11.7. The van der Waals surface area contributed by atoms with E-state index in [4.69, 9.17) is 38.9 Å². The summed E-state index contributed by atoms with van der Waals surface area (Å²) >= 11 is 0. The second-order valence-corrected chi connectivity index (χ2v) is 16.9. The number of ether oxygens (including phenoxy) is 4. The van der Waals surface area contributed by atoms with Gasteiger partial charge in [-0.2, -0.15) is 19.9 Å². The predicted octanol–water partition coefficient (Wildman–Crippen LogP) is 16.7. The van der Waals surface area contributed by atoms with Crippen molar-refractivity contribution in [3.05, 3.63) is 242 Å². The fourth-order valence-corrected chi connectivity index (χ4v) is 8.54. The average Bonchev–Trinajstić information content (AvgIpc) is 3.41. The Hall–Kier alpha value is -10.1. The zero-order valence-corrected chi connectivity index (χ0v) is 38.5. The van der Waals surface area contributed by atoms with Crippen molar-refractivity contribution in [2.24, 2.45) is 0 Å². The van der Waals surface area contributed by atoms with Gasteiger partial charge in [0.25, 0.3) is 0 Å². The van der Waals surface area contributed by atoms with E-state index in [0.717, 1.165) is 65.6 Å². The largest absolute Gasteiger partial charge is 0.438 e. The van der Waals surface area contributed by atoms with Crippen LogP contribution in [0.15, 0.2) is 231 Å². The third kappa shape index (κ3) is 9.64. The van der Waals surface area contributed by atoms with Gasteiger partial charge in [0.05, 0.1) is 0 Å². The van der Waals surface area contributed by atoms with Crippen LogP contribution < -0.4 is 29.6 Å². The van der Waals surface area contributed by atoms with Crippen molar-refractivity contribution in [3.63, 3.8) is 0 Å². The van der Waals surface area contributed by atoms with Crippen molar-refractivity contribution in [2.45, 2.75) is 0 Å². The number of hydrogen-bond acceptors (Lipinski definition) is 10. The number of rotatable bonds is 14. The molecule has 0 aliphatic heterocycles. The van der Waals surface area contributed by atoms with Crippen LogP contribution in [0.3, 0.4) is 0 Å². The number of nitrogens with one attached hydrogen (secondary N) is 2. The van der Waals surface area contributed by atoms with E-state index in [2.05, 4.69) is 47.1 Å². The molecule has 10 heteroatoms. The lowest BCUT2D eigenvalue weighted by atomic mass is 10.1. The van der Waals surface area contributed by atoms with Crippen LogP contribution in [0.2, 0.25) is 0 Å². The molecule has 0 spiro atoms. The molecule has 2 aromatic heterocycles. The average molecular weight is 935 g/mol. The van der Waals surface area contributed by atoms with Gasteiger partial charge in [-0.1, -0.05) is 182 Å². The molecule has 2 N–H and O–H groups in total. The van der Waals surface area contributed by atoms with Gasteiger partial charge in [-0.3, -0.25) is 0 Å². The summed E-state index contributed by atoms with van der Waals surface area (Å²) in [5, 5.41) is 14.9. The van der Waals surface area contributed by atoms with Gasteiger partial charge in [0.15, 0.2) is 0 Å². The molecule has 10 nitrogen and oxygen atoms in total. The Morgan fingerprint density at radius 3 is 0.944 bits per heavy atom. The van der Waals surface area contributed by atoms with Gasteiger partial charge >= 0.3 is 12.0 Å². The lowest BCUT2D eigenvalue weighted by molar-refractivity contribution is 0.416. The van der Waals surface area contributed by atoms with Gasteiger partial charge in [-0.05, 0) is 81.2 Å². The topological polar surface area (TPSA) is 113 Å². The minimum absolute atomic E-state index is 0.149. The Morgan fingerprint density at radius 2 is 0.597 bits per heavy atom. The Labute approximate surface area is 414 Å². The number of anilines is 4. The molecule has 10 aromatic carbocycles. The molecule has 0 bridgehead atoms. The first-order chi connectivity index (χ1) is 35.6. The molecule has 344 valence electrons. The molecule has 2 heterocycles. The minimum atomic E-state index is 0.149. The summed E-state index contributed by atoms with van der Waals surface area (Å²) in [4.78, 5) is 18.9. The van der Waals surface area contributed by atoms with E-state index in [0.29, 0.717) is 46.4 Å². The highest BCUT2D eigenvalue weighted by atomic mass is 16.5. The first-order valence-corrected chi connectivity index (χ1v) is 23.4. The molecule has 0 fully saturated rings. The minimum Gasteiger partial charge on any atom is -0.438 e. The molecular formula is C62H42N6O4. The van der Waals surface area contributed by atoms with E-state index in [9.17, 15) is 0 Å². The summed E-state index contributed by atoms with van der Waals surface area (Å²) < 4.78 is 25.6. The number of hydrogen-bond donors (Lipinski definition) is 2. The monoisotopic (exact) mass is 934 g/mol. The summed E-state index contributed by atoms with van der Waals surface area (Å²) in [7, 11) is 0. The zero-order valence-electron chi connectivity index (χ0n) is 38.5. The van der Waals surface area contributed by atoms with Crippen molar-refractivity contribution in [3.8, 4) is 46.8 Å². The summed E-state index contributed by atoms with van der Waals surface area (Å²) in [6.45, 7) is 0. The second-order valence-electron chi connectivity index (χ2n) is 16.9. The van der Waals surface area contributed by atoms with Crippen molar-refractivity contribution in [2.75, 3.05) is 10.6 Å². The maximum absolute atomic E-state index is 6.44. The van der Waals surface area contributed by atoms with Crippen LogP contribution in [0.4, 0.5) is 23.0 Å². The van der Waals surface area contributed by atoms with Gasteiger partial charge in [-0.15, -0.1) is 0 Å². The molecule has 0 aliphatic rings. The van der Waals surface area contributed by atoms with Crippen LogP contribution in [-0.2, 0) is 0 Å². The number of nitrogens with zero attached hydrogens (tertiary/aromatic N) is 4. The Balaban J connectivity index is 0.760. The smallest absolute Gasteiger partial charge is 0.327 e. The normalized spacial score (nSPS) is 11.3. The van der Waals surface area contributed by atoms with Crippen LogP contribution in [0.25, 0.3) is 55.2 Å². The third-order valence-corrected chi connectivity index (χ3v) is 12.0. The van der Waals surface area contributed by atoms with Crippen LogP contribution in [0.5, 0.6) is 46.8 Å². The molecule has 0 unspecified atom stereocenters. The molecule has 0 amide bonds. The lowest BCUT2D eigenvalue weighted by Crippen LogP contribution is -2.00.